The Hall–Kier alpha value is -1.05. The van der Waals surface area contributed by atoms with Gasteiger partial charge in [-0.05, 0) is 18.1 Å². The highest BCUT2D eigenvalue weighted by atomic mass is 15.2. The zero-order chi connectivity index (χ0) is 7.26. The summed E-state index contributed by atoms with van der Waals surface area (Å²) in [5.41, 5.74) is 1.47. The van der Waals surface area contributed by atoms with Crippen LogP contribution in [0.1, 0.15) is 17.9 Å². The average Bonchev–Trinajstić information content (AvgIpc) is 2.64. The monoisotopic (exact) mass is 146 g/mol. The summed E-state index contributed by atoms with van der Waals surface area (Å²) < 4.78 is 0. The highest BCUT2D eigenvalue weighted by Gasteiger charge is 2.34. The van der Waals surface area contributed by atoms with E-state index in [0.29, 0.717) is 0 Å². The van der Waals surface area contributed by atoms with Crippen LogP contribution in [-0.4, -0.2) is 18.1 Å². The van der Waals surface area contributed by atoms with Gasteiger partial charge in [-0.25, -0.2) is 4.98 Å². The molecule has 0 saturated carbocycles. The van der Waals surface area contributed by atoms with Crippen molar-refractivity contribution < 1.29 is 0 Å². The van der Waals surface area contributed by atoms with Crippen molar-refractivity contribution in [3.63, 3.8) is 0 Å². The van der Waals surface area contributed by atoms with Gasteiger partial charge in [0.15, 0.2) is 0 Å². The van der Waals surface area contributed by atoms with Crippen LogP contribution in [0.15, 0.2) is 18.3 Å². The molecular formula is C9H10N2. The van der Waals surface area contributed by atoms with Crippen LogP contribution in [0.25, 0.3) is 0 Å². The lowest BCUT2D eigenvalue weighted by molar-refractivity contribution is 0.783. The first kappa shape index (κ1) is 5.58. The van der Waals surface area contributed by atoms with E-state index < -0.39 is 0 Å². The fourth-order valence-electron chi connectivity index (χ4n) is 2.20. The Kier molecular flexibility index (Phi) is 0.891. The Labute approximate surface area is 65.9 Å². The lowest BCUT2D eigenvalue weighted by Gasteiger charge is -2.15. The minimum atomic E-state index is 0.790. The lowest BCUT2D eigenvalue weighted by Crippen LogP contribution is -2.16. The molecule has 2 aliphatic heterocycles. The van der Waals surface area contributed by atoms with Crippen molar-refractivity contribution in [2.24, 2.45) is 0 Å². The standard InChI is InChI=1S/C9H10N2/c1-2-8-7-3-5-11(6-7)9(8)10-4-1/h1-2,4,7H,3,5-6H2. The van der Waals surface area contributed by atoms with E-state index in [-0.39, 0.29) is 0 Å². The Morgan fingerprint density at radius 2 is 2.55 bits per heavy atom. The van der Waals surface area contributed by atoms with Crippen molar-refractivity contribution in [1.82, 2.24) is 4.98 Å². The molecule has 11 heavy (non-hydrogen) atoms. The van der Waals surface area contributed by atoms with Gasteiger partial charge in [0.2, 0.25) is 0 Å². The van der Waals surface area contributed by atoms with Crippen LogP contribution in [-0.2, 0) is 0 Å². The second-order valence-corrected chi connectivity index (χ2v) is 3.35. The highest BCUT2D eigenvalue weighted by Crippen LogP contribution is 2.41. The van der Waals surface area contributed by atoms with Gasteiger partial charge in [0.25, 0.3) is 0 Å². The molecule has 1 saturated heterocycles. The van der Waals surface area contributed by atoms with Crippen LogP contribution < -0.4 is 4.90 Å². The molecule has 0 aliphatic carbocycles. The number of pyridine rings is 1. The molecule has 1 aromatic rings. The number of hydrogen-bond acceptors (Lipinski definition) is 2. The molecule has 0 radical (unpaired) electrons. The van der Waals surface area contributed by atoms with E-state index in [4.69, 9.17) is 0 Å². The maximum Gasteiger partial charge on any atom is 0.132 e. The Morgan fingerprint density at radius 1 is 1.55 bits per heavy atom. The first-order valence-electron chi connectivity index (χ1n) is 4.15. The van der Waals surface area contributed by atoms with Gasteiger partial charge in [-0.3, -0.25) is 0 Å². The molecule has 0 N–H and O–H groups in total. The average molecular weight is 146 g/mol. The number of nitrogens with zero attached hydrogens (tertiary/aromatic N) is 2. The van der Waals surface area contributed by atoms with E-state index in [1.807, 2.05) is 12.3 Å². The van der Waals surface area contributed by atoms with Crippen LogP contribution in [0.2, 0.25) is 0 Å². The van der Waals surface area contributed by atoms with Gasteiger partial charge in [-0.15, -0.1) is 0 Å². The molecule has 2 aliphatic rings. The first-order chi connectivity index (χ1) is 5.45. The lowest BCUT2D eigenvalue weighted by atomic mass is 10.0. The smallest absolute Gasteiger partial charge is 0.132 e. The van der Waals surface area contributed by atoms with Crippen molar-refractivity contribution in [3.05, 3.63) is 23.9 Å². The van der Waals surface area contributed by atoms with Gasteiger partial charge in [-0.1, -0.05) is 6.07 Å². The minimum Gasteiger partial charge on any atom is -0.356 e. The molecule has 2 bridgehead atoms. The molecule has 2 heteroatoms. The maximum absolute atomic E-state index is 4.37. The highest BCUT2D eigenvalue weighted by molar-refractivity contribution is 5.56. The van der Waals surface area contributed by atoms with E-state index >= 15 is 0 Å². The van der Waals surface area contributed by atoms with Gasteiger partial charge < -0.3 is 4.90 Å². The molecule has 0 aromatic carbocycles. The van der Waals surface area contributed by atoms with Gasteiger partial charge >= 0.3 is 0 Å². The maximum atomic E-state index is 4.37. The van der Waals surface area contributed by atoms with Crippen molar-refractivity contribution in [2.45, 2.75) is 12.3 Å². The molecule has 1 atom stereocenters. The molecule has 56 valence electrons. The number of rotatable bonds is 0. The Balaban J connectivity index is 2.23. The Bertz CT molecular complexity index is 266. The third-order valence-corrected chi connectivity index (χ3v) is 2.74. The summed E-state index contributed by atoms with van der Waals surface area (Å²) in [6, 6.07) is 4.26. The molecule has 0 spiro atoms. The molecule has 2 nitrogen and oxygen atoms in total. The molecule has 0 amide bonds. The second kappa shape index (κ2) is 1.76. The van der Waals surface area contributed by atoms with E-state index in [2.05, 4.69) is 16.0 Å². The van der Waals surface area contributed by atoms with E-state index in [1.54, 1.807) is 0 Å². The number of hydrogen-bond donors (Lipinski definition) is 0. The van der Waals surface area contributed by atoms with Gasteiger partial charge in [0.1, 0.15) is 5.82 Å². The fourth-order valence-corrected chi connectivity index (χ4v) is 2.20. The van der Waals surface area contributed by atoms with Gasteiger partial charge in [0.05, 0.1) is 0 Å². The quantitative estimate of drug-likeness (QED) is 0.550. The van der Waals surface area contributed by atoms with Crippen LogP contribution in [0.5, 0.6) is 0 Å². The van der Waals surface area contributed by atoms with Crippen LogP contribution >= 0.6 is 0 Å². The van der Waals surface area contributed by atoms with Gasteiger partial charge in [0, 0.05) is 25.2 Å². The van der Waals surface area contributed by atoms with E-state index in [0.717, 1.165) is 5.92 Å². The van der Waals surface area contributed by atoms with E-state index in [9.17, 15) is 0 Å². The number of aromatic nitrogens is 1. The van der Waals surface area contributed by atoms with E-state index in [1.165, 1.54) is 30.9 Å². The molecule has 1 aromatic heterocycles. The fraction of sp³-hybridized carbons (Fsp3) is 0.444. The topological polar surface area (TPSA) is 16.1 Å². The molecule has 3 rings (SSSR count). The predicted octanol–water partition coefficient (Wildman–Crippen LogP) is 1.39. The van der Waals surface area contributed by atoms with Crippen molar-refractivity contribution in [2.75, 3.05) is 18.0 Å². The van der Waals surface area contributed by atoms with Crippen LogP contribution in [0.4, 0.5) is 5.82 Å². The third kappa shape index (κ3) is 0.595. The summed E-state index contributed by atoms with van der Waals surface area (Å²) in [7, 11) is 0. The summed E-state index contributed by atoms with van der Waals surface area (Å²) in [4.78, 5) is 6.76. The molecular weight excluding hydrogens is 136 g/mol. The SMILES string of the molecule is c1cnc2c(c1)C1CCN2C1. The molecule has 3 heterocycles. The summed E-state index contributed by atoms with van der Waals surface area (Å²) in [6.45, 7) is 2.43. The third-order valence-electron chi connectivity index (χ3n) is 2.74. The molecule has 1 fully saturated rings. The summed E-state index contributed by atoms with van der Waals surface area (Å²) >= 11 is 0. The second-order valence-electron chi connectivity index (χ2n) is 3.35. The zero-order valence-corrected chi connectivity index (χ0v) is 6.33. The summed E-state index contributed by atoms with van der Waals surface area (Å²) in [5.74, 6) is 2.03. The van der Waals surface area contributed by atoms with Crippen LogP contribution in [0.3, 0.4) is 0 Å². The zero-order valence-electron chi connectivity index (χ0n) is 6.33. The number of fused-ring (bicyclic) bond motifs is 5. The number of anilines is 1. The Morgan fingerprint density at radius 3 is 3.45 bits per heavy atom. The minimum absolute atomic E-state index is 0.790. The first-order valence-corrected chi connectivity index (χ1v) is 4.15. The summed E-state index contributed by atoms with van der Waals surface area (Å²) in [5, 5.41) is 0. The molecule has 1 unspecified atom stereocenters. The summed E-state index contributed by atoms with van der Waals surface area (Å²) in [6.07, 6.45) is 3.22. The van der Waals surface area contributed by atoms with Gasteiger partial charge in [-0.2, -0.15) is 0 Å². The predicted molar refractivity (Wildman–Crippen MR) is 43.8 cm³/mol. The van der Waals surface area contributed by atoms with Crippen molar-refractivity contribution >= 4 is 5.82 Å². The normalized spacial score (nSPS) is 25.8. The van der Waals surface area contributed by atoms with Crippen molar-refractivity contribution in [3.8, 4) is 0 Å². The van der Waals surface area contributed by atoms with Crippen LogP contribution in [0, 0.1) is 0 Å². The van der Waals surface area contributed by atoms with Crippen molar-refractivity contribution in [1.29, 1.82) is 0 Å². The largest absolute Gasteiger partial charge is 0.356 e.